The van der Waals surface area contributed by atoms with Crippen molar-refractivity contribution in [1.82, 2.24) is 0 Å². The second-order valence-corrected chi connectivity index (χ2v) is 3.76. The van der Waals surface area contributed by atoms with E-state index in [0.29, 0.717) is 29.7 Å². The number of methoxy groups -OCH3 is 1. The van der Waals surface area contributed by atoms with Crippen molar-refractivity contribution in [1.29, 1.82) is 0 Å². The fraction of sp³-hybridized carbons (Fsp3) is 0.417. The van der Waals surface area contributed by atoms with Gasteiger partial charge in [-0.1, -0.05) is 0 Å². The van der Waals surface area contributed by atoms with Crippen LogP contribution >= 0.6 is 0 Å². The minimum absolute atomic E-state index is 0.0178. The van der Waals surface area contributed by atoms with Crippen molar-refractivity contribution >= 4 is 12.0 Å². The van der Waals surface area contributed by atoms with Gasteiger partial charge in [0.1, 0.15) is 5.82 Å². The fourth-order valence-corrected chi connectivity index (χ4v) is 1.54. The summed E-state index contributed by atoms with van der Waals surface area (Å²) in [5.74, 6) is -0.322. The van der Waals surface area contributed by atoms with E-state index in [-0.39, 0.29) is 11.9 Å². The Morgan fingerprint density at radius 3 is 2.81 bits per heavy atom. The van der Waals surface area contributed by atoms with Crippen LogP contribution in [0.5, 0.6) is 0 Å². The van der Waals surface area contributed by atoms with E-state index in [1.54, 1.807) is 14.0 Å². The van der Waals surface area contributed by atoms with Gasteiger partial charge in [0.15, 0.2) is 6.29 Å². The molecule has 0 radical (unpaired) electrons. The van der Waals surface area contributed by atoms with Crippen molar-refractivity contribution in [2.24, 2.45) is 0 Å². The summed E-state index contributed by atoms with van der Waals surface area (Å²) in [6.45, 7) is 4.04. The van der Waals surface area contributed by atoms with E-state index in [2.05, 4.69) is 5.32 Å². The van der Waals surface area contributed by atoms with Gasteiger partial charge in [-0.25, -0.2) is 4.39 Å². The average Bonchev–Trinajstić information content (AvgIpc) is 2.25. The van der Waals surface area contributed by atoms with Gasteiger partial charge in [-0.15, -0.1) is 0 Å². The number of nitrogens with one attached hydrogen (secondary N) is 1. The summed E-state index contributed by atoms with van der Waals surface area (Å²) in [7, 11) is 1.59. The molecule has 0 aromatic heterocycles. The number of anilines is 1. The van der Waals surface area contributed by atoms with Crippen molar-refractivity contribution in [2.45, 2.75) is 19.9 Å². The Hall–Kier alpha value is -1.42. The zero-order valence-corrected chi connectivity index (χ0v) is 9.71. The number of hydrogen-bond acceptors (Lipinski definition) is 3. The highest BCUT2D eigenvalue weighted by molar-refractivity contribution is 5.85. The molecule has 88 valence electrons. The van der Waals surface area contributed by atoms with Crippen LogP contribution in [0, 0.1) is 12.7 Å². The fourth-order valence-electron chi connectivity index (χ4n) is 1.54. The van der Waals surface area contributed by atoms with Crippen LogP contribution in [0.1, 0.15) is 22.8 Å². The van der Waals surface area contributed by atoms with E-state index in [9.17, 15) is 9.18 Å². The summed E-state index contributed by atoms with van der Waals surface area (Å²) in [4.78, 5) is 10.8. The molecule has 4 heteroatoms. The van der Waals surface area contributed by atoms with E-state index < -0.39 is 0 Å². The average molecular weight is 225 g/mol. The van der Waals surface area contributed by atoms with Crippen LogP contribution in [0.2, 0.25) is 0 Å². The molecular formula is C12H16FNO2. The standard InChI is InChI=1S/C12H16FNO2/c1-8(7-16-3)14-12-9(2)11(13)5-4-10(12)6-15/h4-6,8,14H,7H2,1-3H3/t8-/m0/s1. The molecule has 1 rings (SSSR count). The molecule has 0 amide bonds. The maximum atomic E-state index is 13.3. The molecule has 0 saturated carbocycles. The highest BCUT2D eigenvalue weighted by atomic mass is 19.1. The number of carbonyl (C=O) groups is 1. The maximum Gasteiger partial charge on any atom is 0.152 e. The van der Waals surface area contributed by atoms with Gasteiger partial charge in [-0.2, -0.15) is 0 Å². The molecule has 0 heterocycles. The lowest BCUT2D eigenvalue weighted by atomic mass is 10.1. The van der Waals surface area contributed by atoms with E-state index >= 15 is 0 Å². The maximum absolute atomic E-state index is 13.3. The topological polar surface area (TPSA) is 38.3 Å². The lowest BCUT2D eigenvalue weighted by Gasteiger charge is -2.18. The Morgan fingerprint density at radius 1 is 1.56 bits per heavy atom. The van der Waals surface area contributed by atoms with Gasteiger partial charge < -0.3 is 10.1 Å². The third-order valence-electron chi connectivity index (χ3n) is 2.37. The molecular weight excluding hydrogens is 209 g/mol. The van der Waals surface area contributed by atoms with Gasteiger partial charge in [0.05, 0.1) is 12.3 Å². The SMILES string of the molecule is COC[C@H](C)Nc1c(C=O)ccc(F)c1C. The normalized spacial score (nSPS) is 12.2. The first-order valence-corrected chi connectivity index (χ1v) is 5.10. The number of benzene rings is 1. The molecule has 0 spiro atoms. The summed E-state index contributed by atoms with van der Waals surface area (Å²) in [6, 6.07) is 2.78. The van der Waals surface area contributed by atoms with Crippen LogP contribution in [0.25, 0.3) is 0 Å². The largest absolute Gasteiger partial charge is 0.383 e. The molecule has 3 nitrogen and oxygen atoms in total. The second kappa shape index (κ2) is 5.61. The van der Waals surface area contributed by atoms with Crippen molar-refractivity contribution in [3.05, 3.63) is 29.1 Å². The minimum atomic E-state index is -0.322. The van der Waals surface area contributed by atoms with Gasteiger partial charge in [0, 0.05) is 24.3 Å². The Balaban J connectivity index is 3.00. The van der Waals surface area contributed by atoms with Crippen LogP contribution in [-0.4, -0.2) is 26.0 Å². The molecule has 1 atom stereocenters. The van der Waals surface area contributed by atoms with Gasteiger partial charge in [-0.05, 0) is 26.0 Å². The molecule has 0 aliphatic heterocycles. The third-order valence-corrected chi connectivity index (χ3v) is 2.37. The molecule has 0 unspecified atom stereocenters. The lowest BCUT2D eigenvalue weighted by Crippen LogP contribution is -2.22. The zero-order chi connectivity index (χ0) is 12.1. The summed E-state index contributed by atoms with van der Waals surface area (Å²) in [5, 5.41) is 3.08. The van der Waals surface area contributed by atoms with Gasteiger partial charge in [-0.3, -0.25) is 4.79 Å². The first-order chi connectivity index (χ1) is 7.60. The van der Waals surface area contributed by atoms with Crippen molar-refractivity contribution in [3.63, 3.8) is 0 Å². The number of hydrogen-bond donors (Lipinski definition) is 1. The van der Waals surface area contributed by atoms with Crippen molar-refractivity contribution in [2.75, 3.05) is 19.0 Å². The molecule has 0 aliphatic rings. The number of aldehydes is 1. The minimum Gasteiger partial charge on any atom is -0.383 e. The Bertz CT molecular complexity index is 380. The Morgan fingerprint density at radius 2 is 2.25 bits per heavy atom. The van der Waals surface area contributed by atoms with E-state index in [4.69, 9.17) is 4.74 Å². The summed E-state index contributed by atoms with van der Waals surface area (Å²) in [5.41, 5.74) is 1.45. The van der Waals surface area contributed by atoms with Crippen LogP contribution in [0.3, 0.4) is 0 Å². The van der Waals surface area contributed by atoms with Crippen LogP contribution < -0.4 is 5.32 Å². The van der Waals surface area contributed by atoms with Crippen molar-refractivity contribution < 1.29 is 13.9 Å². The summed E-state index contributed by atoms with van der Waals surface area (Å²) < 4.78 is 18.3. The predicted octanol–water partition coefficient (Wildman–Crippen LogP) is 2.39. The third kappa shape index (κ3) is 2.79. The van der Waals surface area contributed by atoms with E-state index in [1.807, 2.05) is 6.92 Å². The molecule has 1 aromatic rings. The molecule has 0 fully saturated rings. The molecule has 0 aliphatic carbocycles. The van der Waals surface area contributed by atoms with Crippen molar-refractivity contribution in [3.8, 4) is 0 Å². The monoisotopic (exact) mass is 225 g/mol. The number of carbonyl (C=O) groups excluding carboxylic acids is 1. The van der Waals surface area contributed by atoms with E-state index in [1.165, 1.54) is 12.1 Å². The highest BCUT2D eigenvalue weighted by Crippen LogP contribution is 2.22. The molecule has 1 aromatic carbocycles. The van der Waals surface area contributed by atoms with Crippen LogP contribution in [0.15, 0.2) is 12.1 Å². The highest BCUT2D eigenvalue weighted by Gasteiger charge is 2.11. The second-order valence-electron chi connectivity index (χ2n) is 3.76. The van der Waals surface area contributed by atoms with Gasteiger partial charge >= 0.3 is 0 Å². The molecule has 0 saturated heterocycles. The number of halogens is 1. The lowest BCUT2D eigenvalue weighted by molar-refractivity contribution is 0.112. The molecule has 0 bridgehead atoms. The quantitative estimate of drug-likeness (QED) is 0.782. The number of rotatable bonds is 5. The van der Waals surface area contributed by atoms with Gasteiger partial charge in [0.25, 0.3) is 0 Å². The summed E-state index contributed by atoms with van der Waals surface area (Å²) >= 11 is 0. The molecule has 1 N–H and O–H groups in total. The predicted molar refractivity (Wildman–Crippen MR) is 61.5 cm³/mol. The Labute approximate surface area is 94.6 Å². The first-order valence-electron chi connectivity index (χ1n) is 5.10. The number of ether oxygens (including phenoxy) is 1. The first kappa shape index (κ1) is 12.6. The van der Waals surface area contributed by atoms with Gasteiger partial charge in [0.2, 0.25) is 0 Å². The van der Waals surface area contributed by atoms with Crippen LogP contribution in [-0.2, 0) is 4.74 Å². The zero-order valence-electron chi connectivity index (χ0n) is 9.71. The summed E-state index contributed by atoms with van der Waals surface area (Å²) in [6.07, 6.45) is 0.717. The Kier molecular flexibility index (Phi) is 4.43. The van der Waals surface area contributed by atoms with Crippen LogP contribution in [0.4, 0.5) is 10.1 Å². The molecule has 16 heavy (non-hydrogen) atoms. The smallest absolute Gasteiger partial charge is 0.152 e. The van der Waals surface area contributed by atoms with E-state index in [0.717, 1.165) is 0 Å².